The van der Waals surface area contributed by atoms with Gasteiger partial charge >= 0.3 is 0 Å². The Balaban J connectivity index is 2.34. The van der Waals surface area contributed by atoms with Gasteiger partial charge in [0.05, 0.1) is 0 Å². The van der Waals surface area contributed by atoms with Gasteiger partial charge < -0.3 is 5.32 Å². The first-order valence-corrected chi connectivity index (χ1v) is 6.53. The third-order valence-electron chi connectivity index (χ3n) is 2.73. The van der Waals surface area contributed by atoms with Crippen LogP contribution in [0, 0.1) is 6.92 Å². The Morgan fingerprint density at radius 2 is 2.40 bits per heavy atom. The number of hydrogen-bond donors (Lipinski definition) is 1. The van der Waals surface area contributed by atoms with Gasteiger partial charge in [0.1, 0.15) is 0 Å². The zero-order valence-corrected chi connectivity index (χ0v) is 10.6. The SMILES string of the molecule is C=CCCC(CC)NCc1sccc1C. The molecule has 1 atom stereocenters. The van der Waals surface area contributed by atoms with Gasteiger partial charge in [-0.25, -0.2) is 0 Å². The van der Waals surface area contributed by atoms with Gasteiger partial charge in [-0.2, -0.15) is 0 Å². The van der Waals surface area contributed by atoms with E-state index in [1.807, 2.05) is 17.4 Å². The van der Waals surface area contributed by atoms with Crippen LogP contribution in [0.1, 0.15) is 36.6 Å². The molecule has 1 rings (SSSR count). The van der Waals surface area contributed by atoms with Crippen LogP contribution in [0.15, 0.2) is 24.1 Å². The highest BCUT2D eigenvalue weighted by Crippen LogP contribution is 2.15. The molecule has 1 heterocycles. The number of rotatable bonds is 7. The Hall–Kier alpha value is -0.600. The van der Waals surface area contributed by atoms with Crippen molar-refractivity contribution in [1.82, 2.24) is 5.32 Å². The third-order valence-corrected chi connectivity index (χ3v) is 3.75. The second-order valence-electron chi connectivity index (χ2n) is 3.88. The molecule has 0 saturated carbocycles. The molecule has 2 heteroatoms. The second kappa shape index (κ2) is 6.81. The van der Waals surface area contributed by atoms with E-state index in [1.54, 1.807) is 0 Å². The Morgan fingerprint density at radius 1 is 1.60 bits per heavy atom. The molecule has 0 aliphatic rings. The van der Waals surface area contributed by atoms with Gasteiger partial charge in [0, 0.05) is 17.5 Å². The molecule has 0 aromatic carbocycles. The molecule has 1 N–H and O–H groups in total. The largest absolute Gasteiger partial charge is 0.309 e. The van der Waals surface area contributed by atoms with Gasteiger partial charge in [-0.1, -0.05) is 13.0 Å². The molecule has 0 amide bonds. The van der Waals surface area contributed by atoms with Crippen LogP contribution >= 0.6 is 11.3 Å². The van der Waals surface area contributed by atoms with Crippen LogP contribution < -0.4 is 5.32 Å². The molecule has 0 saturated heterocycles. The van der Waals surface area contributed by atoms with Crippen molar-refractivity contribution in [3.8, 4) is 0 Å². The summed E-state index contributed by atoms with van der Waals surface area (Å²) in [7, 11) is 0. The fraction of sp³-hybridized carbons (Fsp3) is 0.538. The minimum atomic E-state index is 0.629. The lowest BCUT2D eigenvalue weighted by Gasteiger charge is -2.15. The van der Waals surface area contributed by atoms with E-state index in [9.17, 15) is 0 Å². The first-order chi connectivity index (χ1) is 7.27. The zero-order valence-electron chi connectivity index (χ0n) is 9.75. The van der Waals surface area contributed by atoms with Gasteiger partial charge in [-0.3, -0.25) is 0 Å². The zero-order chi connectivity index (χ0) is 11.1. The summed E-state index contributed by atoms with van der Waals surface area (Å²) >= 11 is 1.84. The van der Waals surface area contributed by atoms with E-state index in [0.29, 0.717) is 6.04 Å². The Labute approximate surface area is 97.2 Å². The molecular weight excluding hydrogens is 202 g/mol. The van der Waals surface area contributed by atoms with E-state index in [2.05, 4.69) is 37.2 Å². The Bertz CT molecular complexity index is 290. The standard InChI is InChI=1S/C13H21NS/c1-4-6-7-12(5-2)14-10-13-11(3)8-9-15-13/h4,8-9,12,14H,1,5-7,10H2,2-3H3. The quantitative estimate of drug-likeness (QED) is 0.691. The molecule has 0 bridgehead atoms. The average Bonchev–Trinajstić information content (AvgIpc) is 2.65. The highest BCUT2D eigenvalue weighted by atomic mass is 32.1. The van der Waals surface area contributed by atoms with Crippen LogP contribution in [0.3, 0.4) is 0 Å². The summed E-state index contributed by atoms with van der Waals surface area (Å²) < 4.78 is 0. The van der Waals surface area contributed by atoms with E-state index in [-0.39, 0.29) is 0 Å². The second-order valence-corrected chi connectivity index (χ2v) is 4.88. The van der Waals surface area contributed by atoms with Gasteiger partial charge in [0.25, 0.3) is 0 Å². The van der Waals surface area contributed by atoms with E-state index in [1.165, 1.54) is 23.3 Å². The topological polar surface area (TPSA) is 12.0 Å². The summed E-state index contributed by atoms with van der Waals surface area (Å²) in [6.45, 7) is 9.20. The summed E-state index contributed by atoms with van der Waals surface area (Å²) in [6, 6.07) is 2.82. The van der Waals surface area contributed by atoms with Crippen molar-refractivity contribution in [3.63, 3.8) is 0 Å². The Morgan fingerprint density at radius 3 is 2.93 bits per heavy atom. The lowest BCUT2D eigenvalue weighted by atomic mass is 10.1. The van der Waals surface area contributed by atoms with Crippen LogP contribution in [-0.4, -0.2) is 6.04 Å². The molecule has 0 radical (unpaired) electrons. The first kappa shape index (κ1) is 12.5. The first-order valence-electron chi connectivity index (χ1n) is 5.65. The van der Waals surface area contributed by atoms with E-state index >= 15 is 0 Å². The normalized spacial score (nSPS) is 12.7. The van der Waals surface area contributed by atoms with Gasteiger partial charge in [0.2, 0.25) is 0 Å². The number of hydrogen-bond acceptors (Lipinski definition) is 2. The van der Waals surface area contributed by atoms with Crippen molar-refractivity contribution in [1.29, 1.82) is 0 Å². The van der Waals surface area contributed by atoms with E-state index in [4.69, 9.17) is 0 Å². The van der Waals surface area contributed by atoms with Crippen molar-refractivity contribution >= 4 is 11.3 Å². The maximum atomic E-state index is 3.77. The van der Waals surface area contributed by atoms with Gasteiger partial charge in [0.15, 0.2) is 0 Å². The fourth-order valence-electron chi connectivity index (χ4n) is 1.59. The predicted octanol–water partition coefficient (Wildman–Crippen LogP) is 3.89. The molecule has 0 aliphatic heterocycles. The summed E-state index contributed by atoms with van der Waals surface area (Å²) in [5.74, 6) is 0. The molecule has 1 nitrogen and oxygen atoms in total. The number of nitrogens with one attached hydrogen (secondary N) is 1. The van der Waals surface area contributed by atoms with E-state index in [0.717, 1.165) is 13.0 Å². The smallest absolute Gasteiger partial charge is 0.0304 e. The molecule has 84 valence electrons. The summed E-state index contributed by atoms with van der Waals surface area (Å²) in [6.07, 6.45) is 5.50. The van der Waals surface area contributed by atoms with Crippen LogP contribution in [0.2, 0.25) is 0 Å². The molecule has 1 aromatic heterocycles. The molecule has 0 spiro atoms. The maximum absolute atomic E-state index is 3.77. The fourth-order valence-corrected chi connectivity index (χ4v) is 2.45. The molecule has 0 aliphatic carbocycles. The average molecular weight is 223 g/mol. The van der Waals surface area contributed by atoms with Crippen molar-refractivity contribution in [3.05, 3.63) is 34.5 Å². The minimum Gasteiger partial charge on any atom is -0.309 e. The van der Waals surface area contributed by atoms with Crippen molar-refractivity contribution in [2.24, 2.45) is 0 Å². The molecule has 1 unspecified atom stereocenters. The van der Waals surface area contributed by atoms with Gasteiger partial charge in [-0.05, 0) is 43.2 Å². The lowest BCUT2D eigenvalue weighted by Crippen LogP contribution is -2.27. The van der Waals surface area contributed by atoms with Crippen molar-refractivity contribution in [2.45, 2.75) is 45.7 Å². The van der Waals surface area contributed by atoms with Crippen LogP contribution in [0.25, 0.3) is 0 Å². The van der Waals surface area contributed by atoms with Crippen molar-refractivity contribution < 1.29 is 0 Å². The minimum absolute atomic E-state index is 0.629. The highest BCUT2D eigenvalue weighted by molar-refractivity contribution is 7.10. The monoisotopic (exact) mass is 223 g/mol. The van der Waals surface area contributed by atoms with Crippen LogP contribution in [0.4, 0.5) is 0 Å². The van der Waals surface area contributed by atoms with E-state index < -0.39 is 0 Å². The summed E-state index contributed by atoms with van der Waals surface area (Å²) in [4.78, 5) is 1.46. The maximum Gasteiger partial charge on any atom is 0.0304 e. The highest BCUT2D eigenvalue weighted by Gasteiger charge is 2.05. The number of thiophene rings is 1. The van der Waals surface area contributed by atoms with Crippen LogP contribution in [-0.2, 0) is 6.54 Å². The molecular formula is C13H21NS. The van der Waals surface area contributed by atoms with Crippen molar-refractivity contribution in [2.75, 3.05) is 0 Å². The molecule has 15 heavy (non-hydrogen) atoms. The predicted molar refractivity (Wildman–Crippen MR) is 69.4 cm³/mol. The molecule has 1 aromatic rings. The van der Waals surface area contributed by atoms with Crippen LogP contribution in [0.5, 0.6) is 0 Å². The number of aryl methyl sites for hydroxylation is 1. The lowest BCUT2D eigenvalue weighted by molar-refractivity contribution is 0.472. The summed E-state index contributed by atoms with van der Waals surface area (Å²) in [5, 5.41) is 5.77. The Kier molecular flexibility index (Phi) is 5.66. The third kappa shape index (κ3) is 4.18. The summed E-state index contributed by atoms with van der Waals surface area (Å²) in [5.41, 5.74) is 1.41. The molecule has 0 fully saturated rings. The number of allylic oxidation sites excluding steroid dienone is 1. The van der Waals surface area contributed by atoms with Gasteiger partial charge in [-0.15, -0.1) is 17.9 Å².